The zero-order chi connectivity index (χ0) is 9.35. The van der Waals surface area contributed by atoms with Crippen molar-refractivity contribution in [3.05, 3.63) is 23.2 Å². The van der Waals surface area contributed by atoms with Gasteiger partial charge in [-0.15, -0.1) is 0 Å². The van der Waals surface area contributed by atoms with Crippen molar-refractivity contribution in [2.24, 2.45) is 0 Å². The normalized spacial score (nSPS) is 11.5. The molecule has 0 saturated heterocycles. The second-order valence-electron chi connectivity index (χ2n) is 2.46. The number of hydrogen-bond acceptors (Lipinski definition) is 3. The Morgan fingerprint density at radius 3 is 2.42 bits per heavy atom. The van der Waals surface area contributed by atoms with Crippen LogP contribution < -0.4 is 5.73 Å². The van der Waals surface area contributed by atoms with Gasteiger partial charge >= 0.3 is 0 Å². The highest BCUT2D eigenvalue weighted by Crippen LogP contribution is 2.21. The third kappa shape index (κ3) is 1.89. The number of hydrogen-bond donors (Lipinski definition) is 1. The fourth-order valence-corrected chi connectivity index (χ4v) is 1.53. The quantitative estimate of drug-likeness (QED) is 0.704. The van der Waals surface area contributed by atoms with E-state index < -0.39 is 9.84 Å². The van der Waals surface area contributed by atoms with E-state index in [4.69, 9.17) is 17.3 Å². The Hall–Kier alpha value is -0.740. The van der Waals surface area contributed by atoms with Gasteiger partial charge in [0.05, 0.1) is 15.6 Å². The van der Waals surface area contributed by atoms with Crippen molar-refractivity contribution in [2.45, 2.75) is 4.90 Å². The molecule has 0 aromatic heterocycles. The van der Waals surface area contributed by atoms with E-state index in [1.165, 1.54) is 18.2 Å². The first kappa shape index (κ1) is 9.35. The molecule has 0 atom stereocenters. The molecule has 12 heavy (non-hydrogen) atoms. The molecule has 0 heterocycles. The van der Waals surface area contributed by atoms with Gasteiger partial charge in [0.15, 0.2) is 9.84 Å². The summed E-state index contributed by atoms with van der Waals surface area (Å²) in [6.07, 6.45) is 1.12. The Kier molecular flexibility index (Phi) is 2.30. The molecule has 0 unspecified atom stereocenters. The summed E-state index contributed by atoms with van der Waals surface area (Å²) in [5.41, 5.74) is 5.70. The lowest BCUT2D eigenvalue weighted by molar-refractivity contribution is 0.602. The number of rotatable bonds is 1. The van der Waals surface area contributed by atoms with E-state index in [0.717, 1.165) is 6.26 Å². The van der Waals surface area contributed by atoms with Gasteiger partial charge in [-0.2, -0.15) is 0 Å². The molecule has 66 valence electrons. The summed E-state index contributed by atoms with van der Waals surface area (Å²) in [5.74, 6) is 0. The average Bonchev–Trinajstić information content (AvgIpc) is 1.92. The minimum absolute atomic E-state index is 0.185. The molecule has 1 rings (SSSR count). The maximum atomic E-state index is 11.0. The summed E-state index contributed by atoms with van der Waals surface area (Å²) >= 11 is 5.61. The second kappa shape index (κ2) is 2.95. The molecule has 0 aliphatic heterocycles. The highest BCUT2D eigenvalue weighted by Gasteiger charge is 2.07. The molecular weight excluding hydrogens is 198 g/mol. The van der Waals surface area contributed by atoms with Crippen LogP contribution in [0.5, 0.6) is 0 Å². The van der Waals surface area contributed by atoms with E-state index >= 15 is 0 Å². The van der Waals surface area contributed by atoms with Crippen LogP contribution in [0.15, 0.2) is 23.1 Å². The van der Waals surface area contributed by atoms with Crippen molar-refractivity contribution in [3.63, 3.8) is 0 Å². The number of halogens is 1. The lowest BCUT2D eigenvalue weighted by Crippen LogP contribution is -1.98. The van der Waals surface area contributed by atoms with Crippen molar-refractivity contribution in [2.75, 3.05) is 12.0 Å². The molecule has 0 saturated carbocycles. The van der Waals surface area contributed by atoms with Crippen LogP contribution in [0, 0.1) is 0 Å². The first-order valence-electron chi connectivity index (χ1n) is 3.16. The molecule has 0 aliphatic carbocycles. The summed E-state index contributed by atoms with van der Waals surface area (Å²) in [5, 5.41) is 0.363. The second-order valence-corrected chi connectivity index (χ2v) is 4.88. The number of benzene rings is 1. The van der Waals surface area contributed by atoms with Crippen molar-refractivity contribution in [1.82, 2.24) is 0 Å². The first-order chi connectivity index (χ1) is 5.41. The fraction of sp³-hybridized carbons (Fsp3) is 0.143. The summed E-state index contributed by atoms with van der Waals surface area (Å²) in [6, 6.07) is 4.24. The summed E-state index contributed by atoms with van der Waals surface area (Å²) in [7, 11) is -3.18. The van der Waals surface area contributed by atoms with Crippen LogP contribution in [0.1, 0.15) is 0 Å². The molecule has 0 bridgehead atoms. The lowest BCUT2D eigenvalue weighted by atomic mass is 10.3. The molecule has 0 spiro atoms. The average molecular weight is 206 g/mol. The van der Waals surface area contributed by atoms with Crippen LogP contribution in [-0.2, 0) is 9.84 Å². The Labute approximate surface area is 76.1 Å². The van der Waals surface area contributed by atoms with Crippen molar-refractivity contribution < 1.29 is 8.42 Å². The molecule has 5 heteroatoms. The molecule has 0 aliphatic rings. The third-order valence-electron chi connectivity index (χ3n) is 1.40. The Bertz CT molecular complexity index is 400. The number of anilines is 1. The van der Waals surface area contributed by atoms with E-state index in [-0.39, 0.29) is 10.6 Å². The Morgan fingerprint density at radius 2 is 2.00 bits per heavy atom. The highest BCUT2D eigenvalue weighted by molar-refractivity contribution is 7.90. The minimum atomic E-state index is -3.18. The molecule has 1 aromatic rings. The fourth-order valence-electron chi connectivity index (χ4n) is 0.752. The van der Waals surface area contributed by atoms with Crippen molar-refractivity contribution >= 4 is 27.1 Å². The van der Waals surface area contributed by atoms with Crippen molar-refractivity contribution in [1.29, 1.82) is 0 Å². The van der Waals surface area contributed by atoms with Gasteiger partial charge < -0.3 is 5.73 Å². The number of nitrogens with two attached hydrogens (primary N) is 1. The summed E-state index contributed by atoms with van der Waals surface area (Å²) in [4.78, 5) is 0.185. The van der Waals surface area contributed by atoms with Gasteiger partial charge in [-0.3, -0.25) is 0 Å². The zero-order valence-corrected chi connectivity index (χ0v) is 7.98. The van der Waals surface area contributed by atoms with E-state index in [2.05, 4.69) is 0 Å². The maximum absolute atomic E-state index is 11.0. The topological polar surface area (TPSA) is 60.2 Å². The first-order valence-corrected chi connectivity index (χ1v) is 5.43. The number of sulfone groups is 1. The van der Waals surface area contributed by atoms with Crippen LogP contribution in [0.3, 0.4) is 0 Å². The van der Waals surface area contributed by atoms with E-state index in [1.807, 2.05) is 0 Å². The van der Waals surface area contributed by atoms with Gasteiger partial charge in [0.2, 0.25) is 0 Å². The largest absolute Gasteiger partial charge is 0.397 e. The van der Waals surface area contributed by atoms with Gasteiger partial charge in [0, 0.05) is 6.26 Å². The molecule has 1 aromatic carbocycles. The van der Waals surface area contributed by atoms with Gasteiger partial charge in [0.1, 0.15) is 0 Å². The van der Waals surface area contributed by atoms with Crippen LogP contribution >= 0.6 is 11.6 Å². The standard InChI is InChI=1S/C7H8ClNO2S/c1-12(10,11)5-2-3-6(8)7(9)4-5/h2-4H,9H2,1H3. The Balaban J connectivity index is 3.33. The lowest BCUT2D eigenvalue weighted by Gasteiger charge is -2.00. The van der Waals surface area contributed by atoms with Crippen LogP contribution in [-0.4, -0.2) is 14.7 Å². The van der Waals surface area contributed by atoms with E-state index in [1.54, 1.807) is 0 Å². The van der Waals surface area contributed by atoms with Gasteiger partial charge in [-0.1, -0.05) is 11.6 Å². The monoisotopic (exact) mass is 205 g/mol. The van der Waals surface area contributed by atoms with Gasteiger partial charge in [-0.25, -0.2) is 8.42 Å². The van der Waals surface area contributed by atoms with Crippen LogP contribution in [0.2, 0.25) is 5.02 Å². The van der Waals surface area contributed by atoms with E-state index in [9.17, 15) is 8.42 Å². The molecule has 0 radical (unpaired) electrons. The minimum Gasteiger partial charge on any atom is -0.397 e. The highest BCUT2D eigenvalue weighted by atomic mass is 35.5. The van der Waals surface area contributed by atoms with Gasteiger partial charge in [0.25, 0.3) is 0 Å². The Morgan fingerprint density at radius 1 is 1.42 bits per heavy atom. The molecule has 2 N–H and O–H groups in total. The predicted molar refractivity (Wildman–Crippen MR) is 49.0 cm³/mol. The summed E-state index contributed by atoms with van der Waals surface area (Å²) in [6.45, 7) is 0. The third-order valence-corrected chi connectivity index (χ3v) is 2.85. The molecule has 0 fully saturated rings. The smallest absolute Gasteiger partial charge is 0.175 e. The summed E-state index contributed by atoms with van der Waals surface area (Å²) < 4.78 is 22.0. The number of nitrogen functional groups attached to an aromatic ring is 1. The molecule has 0 amide bonds. The molecular formula is C7H8ClNO2S. The SMILES string of the molecule is CS(=O)(=O)c1ccc(Cl)c(N)c1. The maximum Gasteiger partial charge on any atom is 0.175 e. The van der Waals surface area contributed by atoms with E-state index in [0.29, 0.717) is 5.02 Å². The van der Waals surface area contributed by atoms with Crippen molar-refractivity contribution in [3.8, 4) is 0 Å². The zero-order valence-electron chi connectivity index (χ0n) is 6.41. The van der Waals surface area contributed by atoms with Crippen LogP contribution in [0.4, 0.5) is 5.69 Å². The predicted octanol–water partition coefficient (Wildman–Crippen LogP) is 1.33. The van der Waals surface area contributed by atoms with Gasteiger partial charge in [-0.05, 0) is 18.2 Å². The molecule has 3 nitrogen and oxygen atoms in total. The van der Waals surface area contributed by atoms with Crippen LogP contribution in [0.25, 0.3) is 0 Å².